The molecule has 0 aliphatic heterocycles. The molecule has 2 aromatic carbocycles. The smallest absolute Gasteiger partial charge is 0.263 e. The number of nitrogens with zero attached hydrogens (tertiary/aromatic N) is 2. The van der Waals surface area contributed by atoms with E-state index in [1.807, 2.05) is 36.6 Å². The molecular formula is C24H20ClFN4O3S. The number of hydrogen-bond acceptors (Lipinski definition) is 6. The first-order chi connectivity index (χ1) is 16.2. The Morgan fingerprint density at radius 3 is 2.59 bits per heavy atom. The number of rotatable bonds is 6. The van der Waals surface area contributed by atoms with Crippen molar-refractivity contribution in [3.05, 3.63) is 75.6 Å². The Kier molecular flexibility index (Phi) is 6.76. The number of aryl methyl sites for hydroxylation is 1. The summed E-state index contributed by atoms with van der Waals surface area (Å²) in [4.78, 5) is 28.8. The third-order valence-corrected chi connectivity index (χ3v) is 6.21. The molecule has 4 aromatic rings. The zero-order valence-electron chi connectivity index (χ0n) is 18.5. The predicted octanol–water partition coefficient (Wildman–Crippen LogP) is 6.02. The number of thiazole rings is 1. The summed E-state index contributed by atoms with van der Waals surface area (Å²) in [5.41, 5.74) is 2.61. The van der Waals surface area contributed by atoms with Gasteiger partial charge in [-0.05, 0) is 31.5 Å². The molecule has 7 nitrogen and oxygen atoms in total. The third-order valence-electron chi connectivity index (χ3n) is 5.14. The first-order valence-electron chi connectivity index (χ1n) is 10.3. The van der Waals surface area contributed by atoms with Crippen LogP contribution in [0.4, 0.5) is 9.52 Å². The molecule has 0 saturated heterocycles. The van der Waals surface area contributed by atoms with Gasteiger partial charge in [0.2, 0.25) is 5.91 Å². The summed E-state index contributed by atoms with van der Waals surface area (Å²) < 4.78 is 19.6. The number of amides is 2. The van der Waals surface area contributed by atoms with Gasteiger partial charge in [0, 0.05) is 17.9 Å². The highest BCUT2D eigenvalue weighted by molar-refractivity contribution is 7.14. The summed E-state index contributed by atoms with van der Waals surface area (Å²) in [5, 5.41) is 11.7. The summed E-state index contributed by atoms with van der Waals surface area (Å²) >= 11 is 7.40. The van der Waals surface area contributed by atoms with E-state index < -0.39 is 11.7 Å². The van der Waals surface area contributed by atoms with Crippen molar-refractivity contribution in [2.75, 3.05) is 5.32 Å². The van der Waals surface area contributed by atoms with Crippen molar-refractivity contribution in [3.63, 3.8) is 0 Å². The minimum absolute atomic E-state index is 0.000393. The molecule has 0 aliphatic carbocycles. The molecule has 1 unspecified atom stereocenters. The minimum Gasteiger partial charge on any atom is -0.360 e. The molecule has 1 atom stereocenters. The highest BCUT2D eigenvalue weighted by Gasteiger charge is 2.26. The molecule has 2 heterocycles. The van der Waals surface area contributed by atoms with Gasteiger partial charge in [0.15, 0.2) is 5.13 Å². The van der Waals surface area contributed by atoms with Crippen LogP contribution >= 0.6 is 22.9 Å². The standard InChI is InChI=1S/C24H20ClFN4O3S/c1-12(27-14(3)31)15-7-9-16(10-8-15)19-11-34-24(28-19)29-23(32)20-13(2)33-30-22(20)21-17(25)5-4-6-18(21)26/h4-12H,1-3H3,(H,27,31)(H,28,29,32). The largest absolute Gasteiger partial charge is 0.360 e. The summed E-state index contributed by atoms with van der Waals surface area (Å²) in [5.74, 6) is -1.01. The van der Waals surface area contributed by atoms with Crippen molar-refractivity contribution in [2.45, 2.75) is 26.8 Å². The van der Waals surface area contributed by atoms with Gasteiger partial charge < -0.3 is 9.84 Å². The van der Waals surface area contributed by atoms with Crippen LogP contribution < -0.4 is 10.6 Å². The normalized spacial score (nSPS) is 11.8. The molecule has 174 valence electrons. The molecular weight excluding hydrogens is 479 g/mol. The maximum absolute atomic E-state index is 14.4. The van der Waals surface area contributed by atoms with E-state index in [1.54, 1.807) is 6.92 Å². The second-order valence-electron chi connectivity index (χ2n) is 7.60. The van der Waals surface area contributed by atoms with Gasteiger partial charge in [0.25, 0.3) is 5.91 Å². The number of hydrogen-bond donors (Lipinski definition) is 2. The molecule has 0 spiro atoms. The van der Waals surface area contributed by atoms with Crippen LogP contribution in [0.5, 0.6) is 0 Å². The molecule has 2 N–H and O–H groups in total. The Balaban J connectivity index is 1.54. The summed E-state index contributed by atoms with van der Waals surface area (Å²) in [6.45, 7) is 4.95. The van der Waals surface area contributed by atoms with Crippen LogP contribution in [-0.2, 0) is 4.79 Å². The SMILES string of the molecule is CC(=O)NC(C)c1ccc(-c2csc(NC(=O)c3c(-c4c(F)cccc4Cl)noc3C)n2)cc1. The van der Waals surface area contributed by atoms with Crippen molar-refractivity contribution in [3.8, 4) is 22.5 Å². The zero-order chi connectivity index (χ0) is 24.4. The van der Waals surface area contributed by atoms with E-state index in [2.05, 4.69) is 20.8 Å². The Hall–Kier alpha value is -3.56. The van der Waals surface area contributed by atoms with Crippen molar-refractivity contribution in [1.82, 2.24) is 15.5 Å². The molecule has 0 bridgehead atoms. The number of carbonyl (C=O) groups is 2. The van der Waals surface area contributed by atoms with Gasteiger partial charge in [0.1, 0.15) is 22.8 Å². The summed E-state index contributed by atoms with van der Waals surface area (Å²) in [7, 11) is 0. The number of halogens is 2. The topological polar surface area (TPSA) is 97.1 Å². The number of aromatic nitrogens is 2. The van der Waals surface area contributed by atoms with E-state index in [-0.39, 0.29) is 39.6 Å². The minimum atomic E-state index is -0.609. The average Bonchev–Trinajstić information content (AvgIpc) is 3.40. The van der Waals surface area contributed by atoms with E-state index in [4.69, 9.17) is 16.1 Å². The van der Waals surface area contributed by atoms with E-state index in [0.29, 0.717) is 10.8 Å². The van der Waals surface area contributed by atoms with Crippen molar-refractivity contribution < 1.29 is 18.5 Å². The number of nitrogens with one attached hydrogen (secondary N) is 2. The van der Waals surface area contributed by atoms with Gasteiger partial charge in [0.05, 0.1) is 22.3 Å². The van der Waals surface area contributed by atoms with Crippen LogP contribution in [0.15, 0.2) is 52.4 Å². The Bertz CT molecular complexity index is 1350. The van der Waals surface area contributed by atoms with Crippen molar-refractivity contribution in [1.29, 1.82) is 0 Å². The summed E-state index contributed by atoms with van der Waals surface area (Å²) in [6.07, 6.45) is 0. The molecule has 34 heavy (non-hydrogen) atoms. The lowest BCUT2D eigenvalue weighted by Gasteiger charge is -2.13. The number of carbonyl (C=O) groups excluding carboxylic acids is 2. The van der Waals surface area contributed by atoms with Gasteiger partial charge in [-0.3, -0.25) is 14.9 Å². The maximum Gasteiger partial charge on any atom is 0.263 e. The van der Waals surface area contributed by atoms with Crippen LogP contribution in [0.25, 0.3) is 22.5 Å². The molecule has 0 aliphatic rings. The fourth-order valence-electron chi connectivity index (χ4n) is 3.49. The molecule has 0 saturated carbocycles. The van der Waals surface area contributed by atoms with E-state index >= 15 is 0 Å². The summed E-state index contributed by atoms with van der Waals surface area (Å²) in [6, 6.07) is 11.7. The number of anilines is 1. The maximum atomic E-state index is 14.4. The van der Waals surface area contributed by atoms with Crippen LogP contribution in [-0.4, -0.2) is 22.0 Å². The Morgan fingerprint density at radius 1 is 1.18 bits per heavy atom. The first kappa shape index (κ1) is 23.6. The van der Waals surface area contributed by atoms with Gasteiger partial charge in [-0.15, -0.1) is 11.3 Å². The molecule has 2 aromatic heterocycles. The lowest BCUT2D eigenvalue weighted by molar-refractivity contribution is -0.119. The second-order valence-corrected chi connectivity index (χ2v) is 8.86. The molecule has 0 radical (unpaired) electrons. The van der Waals surface area contributed by atoms with Crippen molar-refractivity contribution in [2.24, 2.45) is 0 Å². The van der Waals surface area contributed by atoms with Crippen LogP contribution in [0.1, 0.15) is 41.6 Å². The van der Waals surface area contributed by atoms with Gasteiger partial charge >= 0.3 is 0 Å². The highest BCUT2D eigenvalue weighted by atomic mass is 35.5. The lowest BCUT2D eigenvalue weighted by Crippen LogP contribution is -2.23. The van der Waals surface area contributed by atoms with Gasteiger partial charge in [-0.25, -0.2) is 9.37 Å². The van der Waals surface area contributed by atoms with E-state index in [1.165, 1.54) is 36.5 Å². The average molecular weight is 499 g/mol. The van der Waals surface area contributed by atoms with E-state index in [9.17, 15) is 14.0 Å². The zero-order valence-corrected chi connectivity index (χ0v) is 20.1. The fourth-order valence-corrected chi connectivity index (χ4v) is 4.46. The Morgan fingerprint density at radius 2 is 1.91 bits per heavy atom. The van der Waals surface area contributed by atoms with Crippen LogP contribution in [0.3, 0.4) is 0 Å². The molecule has 4 rings (SSSR count). The highest BCUT2D eigenvalue weighted by Crippen LogP contribution is 2.34. The number of benzene rings is 2. The lowest BCUT2D eigenvalue weighted by atomic mass is 10.0. The van der Waals surface area contributed by atoms with Crippen LogP contribution in [0, 0.1) is 12.7 Å². The second kappa shape index (κ2) is 9.74. The molecule has 0 fully saturated rings. The molecule has 2 amide bonds. The van der Waals surface area contributed by atoms with Gasteiger partial charge in [-0.2, -0.15) is 0 Å². The van der Waals surface area contributed by atoms with Gasteiger partial charge in [-0.1, -0.05) is 47.1 Å². The quantitative estimate of drug-likeness (QED) is 0.339. The molecule has 10 heteroatoms. The predicted molar refractivity (Wildman–Crippen MR) is 129 cm³/mol. The Labute approximate surface area is 204 Å². The first-order valence-corrected chi connectivity index (χ1v) is 11.5. The van der Waals surface area contributed by atoms with E-state index in [0.717, 1.165) is 11.1 Å². The third kappa shape index (κ3) is 4.85. The van der Waals surface area contributed by atoms with Crippen LogP contribution in [0.2, 0.25) is 5.02 Å². The fraction of sp³-hybridized carbons (Fsp3) is 0.167. The van der Waals surface area contributed by atoms with Crippen molar-refractivity contribution >= 4 is 39.9 Å². The monoisotopic (exact) mass is 498 g/mol.